The first-order valence-corrected chi connectivity index (χ1v) is 8.50. The molecule has 0 aliphatic rings. The minimum Gasteiger partial charge on any atom is -0.363 e. The molecule has 0 unspecified atom stereocenters. The number of pyridine rings is 1. The molecular weight excluding hydrogens is 382 g/mol. The molecule has 0 radical (unpaired) electrons. The number of amides is 1. The van der Waals surface area contributed by atoms with Gasteiger partial charge < -0.3 is 10.6 Å². The van der Waals surface area contributed by atoms with E-state index in [0.717, 1.165) is 15.7 Å². The second kappa shape index (κ2) is 8.34. The Hall–Kier alpha value is -2.80. The molecule has 7 heteroatoms. The fourth-order valence-electron chi connectivity index (χ4n) is 2.20. The highest BCUT2D eigenvalue weighted by Crippen LogP contribution is 2.13. The molecule has 2 N–H and O–H groups in total. The van der Waals surface area contributed by atoms with Crippen LogP contribution in [-0.2, 0) is 17.8 Å². The van der Waals surface area contributed by atoms with E-state index in [9.17, 15) is 4.79 Å². The van der Waals surface area contributed by atoms with Gasteiger partial charge in [0.1, 0.15) is 5.82 Å². The van der Waals surface area contributed by atoms with Crippen LogP contribution in [0, 0.1) is 0 Å². The lowest BCUT2D eigenvalue weighted by Crippen LogP contribution is -2.16. The average Bonchev–Trinajstić information content (AvgIpc) is 2.62. The van der Waals surface area contributed by atoms with Crippen LogP contribution in [-0.4, -0.2) is 21.1 Å². The smallest absolute Gasteiger partial charge is 0.229 e. The van der Waals surface area contributed by atoms with Crippen molar-refractivity contribution in [3.63, 3.8) is 0 Å². The Morgan fingerprint density at radius 2 is 1.84 bits per heavy atom. The Kier molecular flexibility index (Phi) is 5.69. The highest BCUT2D eigenvalue weighted by molar-refractivity contribution is 9.10. The molecule has 0 aliphatic heterocycles. The van der Waals surface area contributed by atoms with Gasteiger partial charge in [0.25, 0.3) is 0 Å². The van der Waals surface area contributed by atoms with Crippen LogP contribution in [0.15, 0.2) is 65.3 Å². The van der Waals surface area contributed by atoms with E-state index in [2.05, 4.69) is 41.7 Å². The Morgan fingerprint density at radius 1 is 1.00 bits per heavy atom. The van der Waals surface area contributed by atoms with Gasteiger partial charge in [-0.15, -0.1) is 10.2 Å². The van der Waals surface area contributed by atoms with Gasteiger partial charge in [-0.25, -0.2) is 0 Å². The van der Waals surface area contributed by atoms with Gasteiger partial charge in [0.05, 0.1) is 18.7 Å². The molecule has 3 rings (SSSR count). The molecule has 2 heterocycles. The summed E-state index contributed by atoms with van der Waals surface area (Å²) < 4.78 is 0.945. The Bertz CT molecular complexity index is 840. The zero-order valence-corrected chi connectivity index (χ0v) is 14.9. The number of carbonyl (C=O) groups excluding carboxylic acids is 1. The summed E-state index contributed by atoms with van der Waals surface area (Å²) in [4.78, 5) is 16.3. The summed E-state index contributed by atoms with van der Waals surface area (Å²) in [5.74, 6) is 0.903. The lowest BCUT2D eigenvalue weighted by Gasteiger charge is -2.07. The summed E-state index contributed by atoms with van der Waals surface area (Å²) in [5, 5.41) is 13.9. The minimum atomic E-state index is -0.137. The van der Waals surface area contributed by atoms with Crippen LogP contribution in [0.2, 0.25) is 0 Å². The molecular formula is C18H16BrN5O. The van der Waals surface area contributed by atoms with Gasteiger partial charge in [-0.1, -0.05) is 34.1 Å². The van der Waals surface area contributed by atoms with E-state index in [1.807, 2.05) is 42.5 Å². The van der Waals surface area contributed by atoms with Crippen LogP contribution in [0.25, 0.3) is 0 Å². The number of nitrogens with zero attached hydrogens (tertiary/aromatic N) is 3. The second-order valence-electron chi connectivity index (χ2n) is 5.33. The lowest BCUT2D eigenvalue weighted by molar-refractivity contribution is -0.115. The number of halogens is 1. The monoisotopic (exact) mass is 397 g/mol. The van der Waals surface area contributed by atoms with Crippen molar-refractivity contribution in [2.45, 2.75) is 13.0 Å². The van der Waals surface area contributed by atoms with Crippen LogP contribution in [0.4, 0.5) is 11.6 Å². The molecule has 6 nitrogen and oxygen atoms in total. The zero-order valence-electron chi connectivity index (χ0n) is 13.3. The number of nitrogens with one attached hydrogen (secondary N) is 2. The zero-order chi connectivity index (χ0) is 17.5. The number of carbonyl (C=O) groups is 1. The van der Waals surface area contributed by atoms with E-state index in [0.29, 0.717) is 18.2 Å². The van der Waals surface area contributed by atoms with Gasteiger partial charge >= 0.3 is 0 Å². The van der Waals surface area contributed by atoms with Crippen LogP contribution in [0.5, 0.6) is 0 Å². The molecule has 0 fully saturated rings. The molecule has 0 saturated carbocycles. The summed E-state index contributed by atoms with van der Waals surface area (Å²) in [6.45, 7) is 0.560. The van der Waals surface area contributed by atoms with Crippen molar-refractivity contribution < 1.29 is 4.79 Å². The molecule has 126 valence electrons. The molecule has 0 aliphatic carbocycles. The predicted octanol–water partition coefficient (Wildman–Crippen LogP) is 3.43. The quantitative estimate of drug-likeness (QED) is 0.665. The molecule has 1 aromatic carbocycles. The van der Waals surface area contributed by atoms with E-state index < -0.39 is 0 Å². The Morgan fingerprint density at radius 3 is 2.56 bits per heavy atom. The second-order valence-corrected chi connectivity index (χ2v) is 6.25. The van der Waals surface area contributed by atoms with Crippen LogP contribution in [0.3, 0.4) is 0 Å². The van der Waals surface area contributed by atoms with Gasteiger partial charge in [-0.2, -0.15) is 0 Å². The topological polar surface area (TPSA) is 79.8 Å². The van der Waals surface area contributed by atoms with E-state index in [4.69, 9.17) is 0 Å². The third-order valence-corrected chi connectivity index (χ3v) is 3.86. The highest BCUT2D eigenvalue weighted by atomic mass is 79.9. The molecule has 0 bridgehead atoms. The lowest BCUT2D eigenvalue weighted by atomic mass is 10.1. The summed E-state index contributed by atoms with van der Waals surface area (Å²) in [5.41, 5.74) is 1.84. The number of rotatable bonds is 6. The Labute approximate surface area is 153 Å². The fraction of sp³-hybridized carbons (Fsp3) is 0.111. The van der Waals surface area contributed by atoms with Crippen molar-refractivity contribution in [1.29, 1.82) is 0 Å². The molecule has 0 atom stereocenters. The van der Waals surface area contributed by atoms with Crippen molar-refractivity contribution in [1.82, 2.24) is 15.2 Å². The molecule has 0 saturated heterocycles. The maximum atomic E-state index is 12.1. The van der Waals surface area contributed by atoms with Crippen LogP contribution < -0.4 is 10.6 Å². The molecule has 2 aromatic heterocycles. The van der Waals surface area contributed by atoms with Crippen molar-refractivity contribution in [3.8, 4) is 0 Å². The maximum Gasteiger partial charge on any atom is 0.229 e. The number of anilines is 2. The fourth-order valence-corrected chi connectivity index (χ4v) is 2.64. The standard InChI is InChI=1S/C18H16BrN5O/c19-14-5-3-4-13(10-14)11-18(25)22-17-8-7-16(23-24-17)21-12-15-6-1-2-9-20-15/h1-10H,11-12H2,(H,21,23)(H,22,24,25). The van der Waals surface area contributed by atoms with Crippen molar-refractivity contribution >= 4 is 33.5 Å². The number of benzene rings is 1. The molecule has 1 amide bonds. The minimum absolute atomic E-state index is 0.137. The molecule has 25 heavy (non-hydrogen) atoms. The first kappa shape index (κ1) is 17.0. The summed E-state index contributed by atoms with van der Waals surface area (Å²) in [6.07, 6.45) is 2.02. The van der Waals surface area contributed by atoms with Crippen LogP contribution >= 0.6 is 15.9 Å². The third kappa shape index (κ3) is 5.36. The van der Waals surface area contributed by atoms with Gasteiger partial charge in [-0.3, -0.25) is 9.78 Å². The highest BCUT2D eigenvalue weighted by Gasteiger charge is 2.06. The molecule has 0 spiro atoms. The van der Waals surface area contributed by atoms with Gasteiger partial charge in [-0.05, 0) is 42.0 Å². The van der Waals surface area contributed by atoms with E-state index >= 15 is 0 Å². The van der Waals surface area contributed by atoms with Crippen molar-refractivity contribution in [3.05, 3.63) is 76.5 Å². The summed E-state index contributed by atoms with van der Waals surface area (Å²) in [6, 6.07) is 16.8. The first-order chi connectivity index (χ1) is 12.2. The van der Waals surface area contributed by atoms with Crippen molar-refractivity contribution in [2.75, 3.05) is 10.6 Å². The largest absolute Gasteiger partial charge is 0.363 e. The third-order valence-electron chi connectivity index (χ3n) is 3.36. The van der Waals surface area contributed by atoms with E-state index in [-0.39, 0.29) is 12.3 Å². The Balaban J connectivity index is 1.52. The number of hydrogen-bond donors (Lipinski definition) is 2. The normalized spacial score (nSPS) is 10.3. The molecule has 3 aromatic rings. The number of hydrogen-bond acceptors (Lipinski definition) is 5. The van der Waals surface area contributed by atoms with Gasteiger partial charge in [0.15, 0.2) is 5.82 Å². The predicted molar refractivity (Wildman–Crippen MR) is 100 cm³/mol. The van der Waals surface area contributed by atoms with E-state index in [1.54, 1.807) is 18.3 Å². The summed E-state index contributed by atoms with van der Waals surface area (Å²) >= 11 is 3.39. The van der Waals surface area contributed by atoms with Crippen molar-refractivity contribution in [2.24, 2.45) is 0 Å². The first-order valence-electron chi connectivity index (χ1n) is 7.71. The summed E-state index contributed by atoms with van der Waals surface area (Å²) in [7, 11) is 0. The number of aromatic nitrogens is 3. The average molecular weight is 398 g/mol. The van der Waals surface area contributed by atoms with E-state index in [1.165, 1.54) is 0 Å². The van der Waals surface area contributed by atoms with Gasteiger partial charge in [0, 0.05) is 10.7 Å². The maximum absolute atomic E-state index is 12.1. The SMILES string of the molecule is O=C(Cc1cccc(Br)c1)Nc1ccc(NCc2ccccn2)nn1. The van der Waals surface area contributed by atoms with Crippen LogP contribution in [0.1, 0.15) is 11.3 Å². The van der Waals surface area contributed by atoms with Gasteiger partial charge in [0.2, 0.25) is 5.91 Å².